The molecule has 1 amide bonds. The van der Waals surface area contributed by atoms with Gasteiger partial charge in [0.2, 0.25) is 21.9 Å². The first-order valence-corrected chi connectivity index (χ1v) is 12.1. The van der Waals surface area contributed by atoms with Crippen LogP contribution in [0, 0.1) is 11.8 Å². The van der Waals surface area contributed by atoms with Crippen molar-refractivity contribution in [3.63, 3.8) is 0 Å². The predicted molar refractivity (Wildman–Crippen MR) is 118 cm³/mol. The molecule has 13 heteroatoms. The van der Waals surface area contributed by atoms with Gasteiger partial charge in [-0.25, -0.2) is 17.8 Å². The largest absolute Gasteiger partial charge is 0.433 e. The highest BCUT2D eigenvalue weighted by molar-refractivity contribution is 7.89. The molecule has 0 unspecified atom stereocenters. The molecule has 3 aromatic rings. The molecule has 1 aliphatic heterocycles. The van der Waals surface area contributed by atoms with E-state index < -0.39 is 45.6 Å². The molecule has 190 valence electrons. The number of nitrogens with one attached hydrogen (secondary N) is 1. The molecule has 1 saturated heterocycles. The summed E-state index contributed by atoms with van der Waals surface area (Å²) in [5, 5.41) is 2.57. The van der Waals surface area contributed by atoms with Crippen LogP contribution in [0.1, 0.15) is 24.1 Å². The van der Waals surface area contributed by atoms with Crippen LogP contribution in [0.2, 0.25) is 0 Å². The van der Waals surface area contributed by atoms with Crippen LogP contribution in [0.5, 0.6) is 0 Å². The summed E-state index contributed by atoms with van der Waals surface area (Å²) in [5.41, 5.74) is -0.687. The van der Waals surface area contributed by atoms with Crippen molar-refractivity contribution in [2.75, 3.05) is 6.54 Å². The molecule has 1 fully saturated rings. The van der Waals surface area contributed by atoms with Crippen molar-refractivity contribution < 1.29 is 35.2 Å². The van der Waals surface area contributed by atoms with E-state index in [0.717, 1.165) is 53.0 Å². The average Bonchev–Trinajstić information content (AvgIpc) is 3.33. The normalized spacial score (nSPS) is 16.8. The lowest BCUT2D eigenvalue weighted by Gasteiger charge is -2.23. The fourth-order valence-corrected chi connectivity index (χ4v) is 5.51. The van der Waals surface area contributed by atoms with Gasteiger partial charge in [-0.3, -0.25) is 9.78 Å². The summed E-state index contributed by atoms with van der Waals surface area (Å²) in [5.74, 6) is -2.12. The third-order valence-corrected chi connectivity index (χ3v) is 7.52. The Labute approximate surface area is 203 Å². The van der Waals surface area contributed by atoms with Gasteiger partial charge in [0, 0.05) is 24.8 Å². The van der Waals surface area contributed by atoms with Gasteiger partial charge in [0.15, 0.2) is 0 Å². The third-order valence-electron chi connectivity index (χ3n) is 5.60. The van der Waals surface area contributed by atoms with Crippen LogP contribution >= 0.6 is 0 Å². The molecule has 0 saturated carbocycles. The number of benzene rings is 1. The highest BCUT2D eigenvalue weighted by Gasteiger charge is 2.39. The van der Waals surface area contributed by atoms with Gasteiger partial charge >= 0.3 is 6.18 Å². The van der Waals surface area contributed by atoms with Crippen LogP contribution in [0.3, 0.4) is 0 Å². The zero-order chi connectivity index (χ0) is 26.1. The molecule has 0 radical (unpaired) electrons. The molecule has 1 N–H and O–H groups in total. The van der Waals surface area contributed by atoms with Crippen LogP contribution in [0.25, 0.3) is 11.3 Å². The zero-order valence-electron chi connectivity index (χ0n) is 18.5. The summed E-state index contributed by atoms with van der Waals surface area (Å²) < 4.78 is 92.5. The second-order valence-corrected chi connectivity index (χ2v) is 9.95. The van der Waals surface area contributed by atoms with Crippen molar-refractivity contribution in [2.45, 2.75) is 36.5 Å². The molecule has 36 heavy (non-hydrogen) atoms. The number of carbonyl (C=O) groups excluding carboxylic acids is 1. The minimum atomic E-state index is -4.62. The maximum absolute atomic E-state index is 14.1. The van der Waals surface area contributed by atoms with Gasteiger partial charge in [-0.1, -0.05) is 0 Å². The van der Waals surface area contributed by atoms with E-state index in [9.17, 15) is 35.2 Å². The van der Waals surface area contributed by atoms with Crippen LogP contribution in [0.15, 0.2) is 59.6 Å². The summed E-state index contributed by atoms with van der Waals surface area (Å²) in [6.07, 6.45) is -3.00. The van der Waals surface area contributed by atoms with E-state index in [1.54, 1.807) is 0 Å². The smallest absolute Gasteiger partial charge is 0.351 e. The predicted octanol–water partition coefficient (Wildman–Crippen LogP) is 3.91. The SMILES string of the molecule is O=C(NCc1cc(F)nc(-c2ccc(C(F)(F)F)nc2)c1)[C@@H]1CCCN1S(=O)(=O)c1ccc(F)cc1. The number of aromatic nitrogens is 2. The fraction of sp³-hybridized carbons (Fsp3) is 0.261. The molecule has 1 aromatic carbocycles. The first kappa shape index (κ1) is 25.6. The first-order valence-electron chi connectivity index (χ1n) is 10.7. The summed E-state index contributed by atoms with van der Waals surface area (Å²) in [4.78, 5) is 19.7. The lowest BCUT2D eigenvalue weighted by Crippen LogP contribution is -2.45. The van der Waals surface area contributed by atoms with Gasteiger partial charge in [0.05, 0.1) is 10.6 Å². The van der Waals surface area contributed by atoms with E-state index in [1.807, 2.05) is 0 Å². The molecule has 2 aromatic heterocycles. The number of amides is 1. The lowest BCUT2D eigenvalue weighted by atomic mass is 10.1. The van der Waals surface area contributed by atoms with Gasteiger partial charge in [0.1, 0.15) is 17.6 Å². The minimum Gasteiger partial charge on any atom is -0.351 e. The topological polar surface area (TPSA) is 92.3 Å². The Bertz CT molecular complexity index is 1360. The van der Waals surface area contributed by atoms with Gasteiger partial charge in [-0.15, -0.1) is 0 Å². The van der Waals surface area contributed by atoms with Crippen molar-refractivity contribution in [1.29, 1.82) is 0 Å². The van der Waals surface area contributed by atoms with E-state index >= 15 is 0 Å². The van der Waals surface area contributed by atoms with Crippen molar-refractivity contribution in [3.8, 4) is 11.3 Å². The van der Waals surface area contributed by atoms with Crippen LogP contribution in [0.4, 0.5) is 22.0 Å². The average molecular weight is 526 g/mol. The molecule has 0 bridgehead atoms. The summed E-state index contributed by atoms with van der Waals surface area (Å²) in [6.45, 7) is -0.0764. The minimum absolute atomic E-state index is 0.0156. The lowest BCUT2D eigenvalue weighted by molar-refractivity contribution is -0.141. The number of alkyl halides is 3. The second-order valence-electron chi connectivity index (χ2n) is 8.06. The highest BCUT2D eigenvalue weighted by Crippen LogP contribution is 2.29. The number of sulfonamides is 1. The third kappa shape index (κ3) is 5.51. The maximum atomic E-state index is 14.1. The Morgan fingerprint density at radius 2 is 1.81 bits per heavy atom. The van der Waals surface area contributed by atoms with Gasteiger partial charge in [-0.05, 0) is 66.9 Å². The number of pyridine rings is 2. The van der Waals surface area contributed by atoms with E-state index in [0.29, 0.717) is 6.42 Å². The van der Waals surface area contributed by atoms with Crippen LogP contribution < -0.4 is 5.32 Å². The number of hydrogen-bond acceptors (Lipinski definition) is 5. The molecule has 4 rings (SSSR count). The van der Waals surface area contributed by atoms with Crippen molar-refractivity contribution in [1.82, 2.24) is 19.6 Å². The molecule has 0 aliphatic carbocycles. The van der Waals surface area contributed by atoms with Crippen molar-refractivity contribution in [2.24, 2.45) is 0 Å². The Morgan fingerprint density at radius 1 is 1.08 bits per heavy atom. The zero-order valence-corrected chi connectivity index (χ0v) is 19.3. The van der Waals surface area contributed by atoms with Gasteiger partial charge < -0.3 is 5.32 Å². The van der Waals surface area contributed by atoms with Crippen molar-refractivity contribution in [3.05, 3.63) is 77.8 Å². The molecule has 0 spiro atoms. The van der Waals surface area contributed by atoms with Crippen LogP contribution in [-0.2, 0) is 27.5 Å². The highest BCUT2D eigenvalue weighted by atomic mass is 32.2. The number of hydrogen-bond donors (Lipinski definition) is 1. The number of rotatable bonds is 6. The van der Waals surface area contributed by atoms with E-state index in [4.69, 9.17) is 0 Å². The molecule has 1 aliphatic rings. The molecular formula is C23H19F5N4O3S. The van der Waals surface area contributed by atoms with E-state index in [2.05, 4.69) is 15.3 Å². The number of carbonyl (C=O) groups is 1. The van der Waals surface area contributed by atoms with Gasteiger partial charge in [0.25, 0.3) is 0 Å². The summed E-state index contributed by atoms with van der Waals surface area (Å²) >= 11 is 0. The van der Waals surface area contributed by atoms with Crippen molar-refractivity contribution >= 4 is 15.9 Å². The summed E-state index contributed by atoms with van der Waals surface area (Å²) in [7, 11) is -4.05. The number of halogens is 5. The monoisotopic (exact) mass is 526 g/mol. The molecule has 1 atom stereocenters. The maximum Gasteiger partial charge on any atom is 0.433 e. The molecule has 3 heterocycles. The fourth-order valence-electron chi connectivity index (χ4n) is 3.85. The van der Waals surface area contributed by atoms with E-state index in [1.165, 1.54) is 6.07 Å². The number of nitrogens with zero attached hydrogens (tertiary/aromatic N) is 3. The van der Waals surface area contributed by atoms with Gasteiger partial charge in [-0.2, -0.15) is 21.9 Å². The quantitative estimate of drug-likeness (QED) is 0.389. The molecule has 7 nitrogen and oxygen atoms in total. The second kappa shape index (κ2) is 9.90. The Hall–Kier alpha value is -3.45. The van der Waals surface area contributed by atoms with E-state index in [-0.39, 0.29) is 41.2 Å². The Kier molecular flexibility index (Phi) is 7.05. The first-order chi connectivity index (χ1) is 16.9. The summed E-state index contributed by atoms with van der Waals surface area (Å²) in [6, 6.07) is 7.55. The Morgan fingerprint density at radius 3 is 2.44 bits per heavy atom. The Balaban J connectivity index is 1.48. The molecular weight excluding hydrogens is 507 g/mol. The van der Waals surface area contributed by atoms with Crippen LogP contribution in [-0.4, -0.2) is 41.2 Å². The standard InChI is InChI=1S/C23H19F5N4O3S/c24-16-4-6-17(7-5-16)36(34,35)32-9-1-2-19(32)22(33)30-12-14-10-18(31-21(25)11-14)15-3-8-20(29-13-15)23(26,27)28/h3-8,10-11,13,19H,1-2,9,12H2,(H,30,33)/t19-/m0/s1.